The minimum absolute atomic E-state index is 0.0709. The zero-order valence-corrected chi connectivity index (χ0v) is 11.6. The predicted molar refractivity (Wildman–Crippen MR) is 71.8 cm³/mol. The van der Waals surface area contributed by atoms with Crippen molar-refractivity contribution in [2.45, 2.75) is 40.0 Å². The van der Waals surface area contributed by atoms with Crippen molar-refractivity contribution in [3.63, 3.8) is 0 Å². The van der Waals surface area contributed by atoms with Gasteiger partial charge in [-0.05, 0) is 42.2 Å². The summed E-state index contributed by atoms with van der Waals surface area (Å²) < 4.78 is 0. The first kappa shape index (κ1) is 12.6. The highest BCUT2D eigenvalue weighted by molar-refractivity contribution is 6.31. The summed E-state index contributed by atoms with van der Waals surface area (Å²) in [5.74, 6) is 1.35. The monoisotopic (exact) mass is 250 g/mol. The summed E-state index contributed by atoms with van der Waals surface area (Å²) in [5, 5.41) is 0.745. The van der Waals surface area contributed by atoms with E-state index in [-0.39, 0.29) is 5.78 Å². The van der Waals surface area contributed by atoms with Crippen molar-refractivity contribution in [2.75, 3.05) is 0 Å². The lowest BCUT2D eigenvalue weighted by atomic mass is 9.87. The largest absolute Gasteiger partial charge is 0.295 e. The third-order valence-electron chi connectivity index (χ3n) is 3.71. The fraction of sp³-hybridized carbons (Fsp3) is 0.533. The fourth-order valence-electron chi connectivity index (χ4n) is 2.54. The second-order valence-corrected chi connectivity index (χ2v) is 6.51. The van der Waals surface area contributed by atoms with Crippen LogP contribution < -0.4 is 0 Å². The molecule has 92 valence electrons. The summed E-state index contributed by atoms with van der Waals surface area (Å²) in [6.07, 6.45) is 1.21. The standard InChI is InChI=1S/C15H19ClO/c1-9(17)10-5-6-11(14(16)7-10)12-8-13(12)15(2,3)4/h5-7,12-13H,8H2,1-4H3/t12-,13?/m0/s1. The third-order valence-corrected chi connectivity index (χ3v) is 4.04. The van der Waals surface area contributed by atoms with Crippen LogP contribution in [-0.4, -0.2) is 5.78 Å². The molecule has 0 aromatic heterocycles. The number of halogens is 1. The van der Waals surface area contributed by atoms with E-state index >= 15 is 0 Å². The Morgan fingerprint density at radius 2 is 2.00 bits per heavy atom. The lowest BCUT2D eigenvalue weighted by molar-refractivity contribution is 0.101. The summed E-state index contributed by atoms with van der Waals surface area (Å²) in [4.78, 5) is 11.3. The van der Waals surface area contributed by atoms with Crippen LogP contribution in [0.1, 0.15) is 56.0 Å². The molecule has 0 N–H and O–H groups in total. The molecule has 1 aromatic carbocycles. The van der Waals surface area contributed by atoms with Crippen molar-refractivity contribution in [3.8, 4) is 0 Å². The molecule has 1 fully saturated rings. The van der Waals surface area contributed by atoms with Crippen LogP contribution in [0.25, 0.3) is 0 Å². The van der Waals surface area contributed by atoms with Gasteiger partial charge in [-0.15, -0.1) is 0 Å². The summed E-state index contributed by atoms with van der Waals surface area (Å²) in [6, 6.07) is 5.72. The molecule has 0 saturated heterocycles. The maximum Gasteiger partial charge on any atom is 0.159 e. The van der Waals surface area contributed by atoms with Crippen molar-refractivity contribution in [2.24, 2.45) is 11.3 Å². The minimum atomic E-state index is 0.0709. The number of carbonyl (C=O) groups excluding carboxylic acids is 1. The van der Waals surface area contributed by atoms with Crippen molar-refractivity contribution in [1.29, 1.82) is 0 Å². The molecule has 0 aliphatic heterocycles. The third kappa shape index (κ3) is 2.55. The average molecular weight is 251 g/mol. The van der Waals surface area contributed by atoms with Gasteiger partial charge in [-0.1, -0.05) is 44.5 Å². The molecule has 2 rings (SSSR count). The number of rotatable bonds is 2. The van der Waals surface area contributed by atoms with Crippen molar-refractivity contribution in [3.05, 3.63) is 34.3 Å². The summed E-state index contributed by atoms with van der Waals surface area (Å²) in [7, 11) is 0. The van der Waals surface area contributed by atoms with E-state index in [9.17, 15) is 4.79 Å². The quantitative estimate of drug-likeness (QED) is 0.696. The highest BCUT2D eigenvalue weighted by Gasteiger charge is 2.46. The molecule has 1 aliphatic rings. The van der Waals surface area contributed by atoms with Crippen LogP contribution >= 0.6 is 11.6 Å². The maximum absolute atomic E-state index is 11.3. The van der Waals surface area contributed by atoms with E-state index in [0.29, 0.717) is 22.8 Å². The van der Waals surface area contributed by atoms with Gasteiger partial charge in [0, 0.05) is 10.6 Å². The van der Waals surface area contributed by atoms with Gasteiger partial charge in [-0.2, -0.15) is 0 Å². The number of hydrogen-bond donors (Lipinski definition) is 0. The molecule has 1 nitrogen and oxygen atoms in total. The van der Waals surface area contributed by atoms with E-state index < -0.39 is 0 Å². The average Bonchev–Trinajstić information content (AvgIpc) is 2.96. The Morgan fingerprint density at radius 1 is 1.35 bits per heavy atom. The van der Waals surface area contributed by atoms with E-state index in [1.54, 1.807) is 13.0 Å². The zero-order valence-electron chi connectivity index (χ0n) is 10.9. The topological polar surface area (TPSA) is 17.1 Å². The number of Topliss-reactive ketones (excluding diaryl/α,β-unsaturated/α-hetero) is 1. The van der Waals surface area contributed by atoms with Crippen LogP contribution in [0.3, 0.4) is 0 Å². The van der Waals surface area contributed by atoms with Crippen molar-refractivity contribution in [1.82, 2.24) is 0 Å². The highest BCUT2D eigenvalue weighted by Crippen LogP contribution is 2.57. The molecule has 1 unspecified atom stereocenters. The van der Waals surface area contributed by atoms with Crippen LogP contribution in [0.15, 0.2) is 18.2 Å². The number of carbonyl (C=O) groups is 1. The normalized spacial score (nSPS) is 23.6. The molecule has 1 aromatic rings. The number of ketones is 1. The molecule has 0 spiro atoms. The first-order chi connectivity index (χ1) is 7.80. The van der Waals surface area contributed by atoms with Gasteiger partial charge in [0.1, 0.15) is 0 Å². The Labute approximate surface area is 108 Å². The van der Waals surface area contributed by atoms with Gasteiger partial charge in [-0.25, -0.2) is 0 Å². The molecule has 2 heteroatoms. The Kier molecular flexibility index (Phi) is 3.07. The molecule has 17 heavy (non-hydrogen) atoms. The minimum Gasteiger partial charge on any atom is -0.295 e. The van der Waals surface area contributed by atoms with Crippen LogP contribution in [0.4, 0.5) is 0 Å². The van der Waals surface area contributed by atoms with Crippen LogP contribution in [0, 0.1) is 11.3 Å². The second-order valence-electron chi connectivity index (χ2n) is 6.11. The van der Waals surface area contributed by atoms with Crippen LogP contribution in [0.5, 0.6) is 0 Å². The lowest BCUT2D eigenvalue weighted by Gasteiger charge is -2.18. The molecule has 0 bridgehead atoms. The van der Waals surface area contributed by atoms with E-state index in [0.717, 1.165) is 5.02 Å². The Hall–Kier alpha value is -0.820. The molecule has 0 heterocycles. The van der Waals surface area contributed by atoms with Gasteiger partial charge in [0.05, 0.1) is 0 Å². The SMILES string of the molecule is CC(=O)c1ccc([C@@H]2CC2C(C)(C)C)c(Cl)c1. The molecule has 1 aliphatic carbocycles. The van der Waals surface area contributed by atoms with Gasteiger partial charge in [0.15, 0.2) is 5.78 Å². The summed E-state index contributed by atoms with van der Waals surface area (Å²) in [6.45, 7) is 8.39. The van der Waals surface area contributed by atoms with Gasteiger partial charge >= 0.3 is 0 Å². The molecular formula is C15H19ClO. The van der Waals surface area contributed by atoms with Gasteiger partial charge in [0.2, 0.25) is 0 Å². The Bertz CT molecular complexity index is 456. The molecular weight excluding hydrogens is 232 g/mol. The molecule has 1 saturated carbocycles. The molecule has 0 amide bonds. The molecule has 0 radical (unpaired) electrons. The van der Waals surface area contributed by atoms with Crippen molar-refractivity contribution >= 4 is 17.4 Å². The van der Waals surface area contributed by atoms with Crippen LogP contribution in [0.2, 0.25) is 5.02 Å². The van der Waals surface area contributed by atoms with E-state index in [2.05, 4.69) is 20.8 Å². The first-order valence-corrected chi connectivity index (χ1v) is 6.49. The van der Waals surface area contributed by atoms with E-state index in [1.165, 1.54) is 12.0 Å². The molecule has 2 atom stereocenters. The predicted octanol–water partition coefficient (Wildman–Crippen LogP) is 4.69. The Morgan fingerprint density at radius 3 is 2.41 bits per heavy atom. The highest BCUT2D eigenvalue weighted by atomic mass is 35.5. The Balaban J connectivity index is 2.22. The summed E-state index contributed by atoms with van der Waals surface area (Å²) >= 11 is 6.27. The zero-order chi connectivity index (χ0) is 12.8. The fourth-order valence-corrected chi connectivity index (χ4v) is 2.86. The van der Waals surface area contributed by atoms with Gasteiger partial charge in [-0.3, -0.25) is 4.79 Å². The summed E-state index contributed by atoms with van der Waals surface area (Å²) in [5.41, 5.74) is 2.25. The van der Waals surface area contributed by atoms with E-state index in [4.69, 9.17) is 11.6 Å². The van der Waals surface area contributed by atoms with Gasteiger partial charge in [0.25, 0.3) is 0 Å². The first-order valence-electron chi connectivity index (χ1n) is 6.11. The number of hydrogen-bond acceptors (Lipinski definition) is 1. The lowest BCUT2D eigenvalue weighted by Crippen LogP contribution is -2.09. The van der Waals surface area contributed by atoms with Gasteiger partial charge < -0.3 is 0 Å². The smallest absolute Gasteiger partial charge is 0.159 e. The van der Waals surface area contributed by atoms with Crippen LogP contribution in [-0.2, 0) is 0 Å². The van der Waals surface area contributed by atoms with E-state index in [1.807, 2.05) is 12.1 Å². The number of benzene rings is 1. The second kappa shape index (κ2) is 4.13. The van der Waals surface area contributed by atoms with Crippen molar-refractivity contribution < 1.29 is 4.79 Å². The maximum atomic E-state index is 11.3.